The SMILES string of the molecule is CC(C)(C)OC(=O)N1CCC2(CC1)CNCC1(CC1)O2. The Hall–Kier alpha value is -0.810. The van der Waals surface area contributed by atoms with Crippen molar-refractivity contribution in [2.45, 2.75) is 63.3 Å². The highest BCUT2D eigenvalue weighted by atomic mass is 16.6. The van der Waals surface area contributed by atoms with Crippen LogP contribution in [-0.4, -0.2) is 54.0 Å². The zero-order chi connectivity index (χ0) is 14.4. The Kier molecular flexibility index (Phi) is 3.25. The van der Waals surface area contributed by atoms with E-state index in [1.807, 2.05) is 25.7 Å². The molecule has 114 valence electrons. The van der Waals surface area contributed by atoms with Crippen LogP contribution in [0.25, 0.3) is 0 Å². The van der Waals surface area contributed by atoms with E-state index in [9.17, 15) is 4.79 Å². The summed E-state index contributed by atoms with van der Waals surface area (Å²) in [7, 11) is 0. The minimum absolute atomic E-state index is 0.0622. The Bertz CT molecular complexity index is 390. The molecule has 0 aromatic rings. The summed E-state index contributed by atoms with van der Waals surface area (Å²) in [6.45, 7) is 9.07. The van der Waals surface area contributed by atoms with E-state index in [2.05, 4.69) is 5.32 Å². The van der Waals surface area contributed by atoms with Crippen LogP contribution in [0.4, 0.5) is 4.79 Å². The lowest BCUT2D eigenvalue weighted by Crippen LogP contribution is -2.60. The molecular formula is C15H26N2O3. The third-order valence-corrected chi connectivity index (χ3v) is 4.46. The zero-order valence-electron chi connectivity index (χ0n) is 12.8. The van der Waals surface area contributed by atoms with Crippen LogP contribution in [0.3, 0.4) is 0 Å². The fraction of sp³-hybridized carbons (Fsp3) is 0.933. The van der Waals surface area contributed by atoms with Crippen LogP contribution in [0.2, 0.25) is 0 Å². The average Bonchev–Trinajstić information content (AvgIpc) is 3.06. The fourth-order valence-electron chi connectivity index (χ4n) is 3.17. The van der Waals surface area contributed by atoms with Crippen LogP contribution in [-0.2, 0) is 9.47 Å². The van der Waals surface area contributed by atoms with Crippen LogP contribution < -0.4 is 5.32 Å². The molecule has 3 aliphatic rings. The lowest BCUT2D eigenvalue weighted by molar-refractivity contribution is -0.153. The van der Waals surface area contributed by atoms with Crippen molar-refractivity contribution in [2.75, 3.05) is 26.2 Å². The van der Waals surface area contributed by atoms with Crippen molar-refractivity contribution in [2.24, 2.45) is 0 Å². The molecule has 2 spiro atoms. The largest absolute Gasteiger partial charge is 0.444 e. The van der Waals surface area contributed by atoms with Gasteiger partial charge < -0.3 is 19.7 Å². The molecule has 0 radical (unpaired) electrons. The molecule has 2 aliphatic heterocycles. The molecule has 1 saturated carbocycles. The third-order valence-electron chi connectivity index (χ3n) is 4.46. The van der Waals surface area contributed by atoms with Gasteiger partial charge in [-0.2, -0.15) is 0 Å². The molecule has 5 heteroatoms. The van der Waals surface area contributed by atoms with E-state index in [0.29, 0.717) is 0 Å². The van der Waals surface area contributed by atoms with Crippen LogP contribution in [0.15, 0.2) is 0 Å². The number of amides is 1. The normalized spacial score (nSPS) is 27.6. The topological polar surface area (TPSA) is 50.8 Å². The average molecular weight is 282 g/mol. The van der Waals surface area contributed by atoms with Crippen LogP contribution in [0.5, 0.6) is 0 Å². The van der Waals surface area contributed by atoms with Gasteiger partial charge in [0, 0.05) is 26.2 Å². The Morgan fingerprint density at radius 3 is 2.15 bits per heavy atom. The molecule has 3 fully saturated rings. The van der Waals surface area contributed by atoms with Crippen molar-refractivity contribution in [1.82, 2.24) is 10.2 Å². The van der Waals surface area contributed by atoms with Gasteiger partial charge in [0.2, 0.25) is 0 Å². The summed E-state index contributed by atoms with van der Waals surface area (Å²) in [5, 5.41) is 3.52. The molecule has 0 unspecified atom stereocenters. The second-order valence-electron chi connectivity index (χ2n) is 7.54. The number of morpholine rings is 1. The summed E-state index contributed by atoms with van der Waals surface area (Å²) in [5.41, 5.74) is -0.368. The second-order valence-corrected chi connectivity index (χ2v) is 7.54. The summed E-state index contributed by atoms with van der Waals surface area (Å²) < 4.78 is 11.8. The molecule has 5 nitrogen and oxygen atoms in total. The van der Waals surface area contributed by atoms with Crippen molar-refractivity contribution in [3.8, 4) is 0 Å². The van der Waals surface area contributed by atoms with E-state index in [4.69, 9.17) is 9.47 Å². The van der Waals surface area contributed by atoms with Gasteiger partial charge in [-0.15, -0.1) is 0 Å². The van der Waals surface area contributed by atoms with Crippen LogP contribution >= 0.6 is 0 Å². The Morgan fingerprint density at radius 2 is 1.65 bits per heavy atom. The highest BCUT2D eigenvalue weighted by molar-refractivity contribution is 5.68. The first-order chi connectivity index (χ1) is 9.32. The first-order valence-electron chi connectivity index (χ1n) is 7.71. The summed E-state index contributed by atoms with van der Waals surface area (Å²) in [5.74, 6) is 0. The van der Waals surface area contributed by atoms with Gasteiger partial charge in [-0.05, 0) is 46.5 Å². The summed E-state index contributed by atoms with van der Waals surface area (Å²) in [6.07, 6.45) is 3.97. The van der Waals surface area contributed by atoms with Gasteiger partial charge in [0.1, 0.15) is 5.60 Å². The number of hydrogen-bond donors (Lipinski definition) is 1. The molecule has 0 aromatic carbocycles. The molecule has 0 bridgehead atoms. The van der Waals surface area contributed by atoms with Gasteiger partial charge in [0.05, 0.1) is 11.2 Å². The molecule has 20 heavy (non-hydrogen) atoms. The number of nitrogens with one attached hydrogen (secondary N) is 1. The van der Waals surface area contributed by atoms with Crippen LogP contribution in [0.1, 0.15) is 46.5 Å². The van der Waals surface area contributed by atoms with Gasteiger partial charge >= 0.3 is 6.09 Å². The maximum Gasteiger partial charge on any atom is 0.410 e. The highest BCUT2D eigenvalue weighted by Gasteiger charge is 2.53. The van der Waals surface area contributed by atoms with E-state index in [1.165, 1.54) is 12.8 Å². The van der Waals surface area contributed by atoms with E-state index in [0.717, 1.165) is 39.0 Å². The molecular weight excluding hydrogens is 256 g/mol. The van der Waals surface area contributed by atoms with Crippen molar-refractivity contribution in [3.05, 3.63) is 0 Å². The molecule has 2 heterocycles. The number of nitrogens with zero attached hydrogens (tertiary/aromatic N) is 1. The minimum atomic E-state index is -0.423. The molecule has 0 atom stereocenters. The number of carbonyl (C=O) groups excluding carboxylic acids is 1. The summed E-state index contributed by atoms with van der Waals surface area (Å²) in [6, 6.07) is 0. The highest BCUT2D eigenvalue weighted by Crippen LogP contribution is 2.46. The fourth-order valence-corrected chi connectivity index (χ4v) is 3.17. The lowest BCUT2D eigenvalue weighted by atomic mass is 9.89. The van der Waals surface area contributed by atoms with Crippen molar-refractivity contribution in [3.63, 3.8) is 0 Å². The lowest BCUT2D eigenvalue weighted by Gasteiger charge is -2.47. The zero-order valence-corrected chi connectivity index (χ0v) is 12.8. The van der Waals surface area contributed by atoms with E-state index in [1.54, 1.807) is 0 Å². The number of carbonyl (C=O) groups is 1. The van der Waals surface area contributed by atoms with Crippen molar-refractivity contribution < 1.29 is 14.3 Å². The molecule has 1 aliphatic carbocycles. The van der Waals surface area contributed by atoms with Gasteiger partial charge in [-0.3, -0.25) is 0 Å². The number of piperidine rings is 1. The molecule has 2 saturated heterocycles. The number of hydrogen-bond acceptors (Lipinski definition) is 4. The first kappa shape index (κ1) is 14.1. The molecule has 3 rings (SSSR count). The first-order valence-corrected chi connectivity index (χ1v) is 7.71. The predicted octanol–water partition coefficient (Wildman–Crippen LogP) is 1.91. The van der Waals surface area contributed by atoms with Gasteiger partial charge in [-0.25, -0.2) is 4.79 Å². The summed E-state index contributed by atoms with van der Waals surface area (Å²) in [4.78, 5) is 13.9. The van der Waals surface area contributed by atoms with E-state index in [-0.39, 0.29) is 17.3 Å². The quantitative estimate of drug-likeness (QED) is 0.737. The van der Waals surface area contributed by atoms with Gasteiger partial charge in [-0.1, -0.05) is 0 Å². The third kappa shape index (κ3) is 2.93. The minimum Gasteiger partial charge on any atom is -0.444 e. The molecule has 1 N–H and O–H groups in total. The second kappa shape index (κ2) is 4.60. The van der Waals surface area contributed by atoms with E-state index >= 15 is 0 Å². The molecule has 1 amide bonds. The number of rotatable bonds is 0. The van der Waals surface area contributed by atoms with Crippen molar-refractivity contribution >= 4 is 6.09 Å². The Morgan fingerprint density at radius 1 is 1.10 bits per heavy atom. The number of ether oxygens (including phenoxy) is 2. The predicted molar refractivity (Wildman–Crippen MR) is 75.7 cm³/mol. The maximum absolute atomic E-state index is 12.1. The van der Waals surface area contributed by atoms with Gasteiger partial charge in [0.25, 0.3) is 0 Å². The standard InChI is InChI=1S/C15H26N2O3/c1-13(2,3)19-12(18)17-8-6-15(7-9-17)11-16-10-14(20-15)4-5-14/h16H,4-11H2,1-3H3. The van der Waals surface area contributed by atoms with Crippen LogP contribution in [0, 0.1) is 0 Å². The Labute approximate surface area is 121 Å². The molecule has 0 aromatic heterocycles. The summed E-state index contributed by atoms with van der Waals surface area (Å²) >= 11 is 0. The monoisotopic (exact) mass is 282 g/mol. The number of likely N-dealkylation sites (tertiary alicyclic amines) is 1. The van der Waals surface area contributed by atoms with Crippen molar-refractivity contribution in [1.29, 1.82) is 0 Å². The Balaban J connectivity index is 1.55. The van der Waals surface area contributed by atoms with Gasteiger partial charge in [0.15, 0.2) is 0 Å². The van der Waals surface area contributed by atoms with E-state index < -0.39 is 5.60 Å². The maximum atomic E-state index is 12.1. The smallest absolute Gasteiger partial charge is 0.410 e.